The molecule has 2 rings (SSSR count). The summed E-state index contributed by atoms with van der Waals surface area (Å²) in [4.78, 5) is 8.08. The maximum atomic E-state index is 5.66. The fraction of sp³-hybridized carbons (Fsp3) is 0.667. The molecule has 0 bridgehead atoms. The molecule has 0 spiro atoms. The van der Waals surface area contributed by atoms with Crippen molar-refractivity contribution in [1.29, 1.82) is 0 Å². The first kappa shape index (κ1) is 12.1. The summed E-state index contributed by atoms with van der Waals surface area (Å²) in [7, 11) is 1.60. The molecule has 0 aliphatic carbocycles. The zero-order valence-electron chi connectivity index (χ0n) is 10.2. The van der Waals surface area contributed by atoms with Gasteiger partial charge in [-0.25, -0.2) is 9.97 Å². The van der Waals surface area contributed by atoms with Gasteiger partial charge < -0.3 is 14.8 Å². The highest BCUT2D eigenvalue weighted by Crippen LogP contribution is 2.16. The molecule has 1 aliphatic heterocycles. The van der Waals surface area contributed by atoms with Crippen molar-refractivity contribution >= 4 is 5.82 Å². The van der Waals surface area contributed by atoms with Gasteiger partial charge >= 0.3 is 0 Å². The maximum absolute atomic E-state index is 5.66. The topological polar surface area (TPSA) is 56.3 Å². The average molecular weight is 237 g/mol. The second-order valence-electron chi connectivity index (χ2n) is 4.15. The predicted molar refractivity (Wildman–Crippen MR) is 65.3 cm³/mol. The lowest BCUT2D eigenvalue weighted by atomic mass is 10.1. The normalized spacial score (nSPS) is 19.9. The molecule has 1 aliphatic rings. The first-order valence-electron chi connectivity index (χ1n) is 6.10. The van der Waals surface area contributed by atoms with Crippen LogP contribution >= 0.6 is 0 Å². The number of nitrogens with zero attached hydrogens (tertiary/aromatic N) is 2. The van der Waals surface area contributed by atoms with Crippen molar-refractivity contribution in [2.45, 2.75) is 31.8 Å². The minimum atomic E-state index is 0.403. The number of hydrogen-bond acceptors (Lipinski definition) is 5. The van der Waals surface area contributed by atoms with E-state index in [2.05, 4.69) is 15.3 Å². The highest BCUT2D eigenvalue weighted by Gasteiger charge is 2.13. The molecule has 0 saturated carbocycles. The monoisotopic (exact) mass is 237 g/mol. The number of aromatic nitrogens is 2. The van der Waals surface area contributed by atoms with Crippen LogP contribution in [-0.2, 0) is 4.74 Å². The number of ether oxygens (including phenoxy) is 2. The third-order valence-electron chi connectivity index (χ3n) is 2.90. The first-order chi connectivity index (χ1) is 8.38. The zero-order chi connectivity index (χ0) is 11.9. The van der Waals surface area contributed by atoms with Crippen LogP contribution in [0.25, 0.3) is 0 Å². The summed E-state index contributed by atoms with van der Waals surface area (Å²) in [6.07, 6.45) is 6.58. The second-order valence-corrected chi connectivity index (χ2v) is 4.15. The Balaban J connectivity index is 1.73. The molecular formula is C12H19N3O2. The van der Waals surface area contributed by atoms with E-state index in [0.29, 0.717) is 12.0 Å². The van der Waals surface area contributed by atoms with E-state index in [1.807, 2.05) is 0 Å². The van der Waals surface area contributed by atoms with E-state index in [9.17, 15) is 0 Å². The van der Waals surface area contributed by atoms with Crippen LogP contribution in [-0.4, -0.2) is 36.3 Å². The first-order valence-corrected chi connectivity index (χ1v) is 6.10. The fourth-order valence-electron chi connectivity index (χ4n) is 1.94. The molecular weight excluding hydrogens is 218 g/mol. The lowest BCUT2D eigenvalue weighted by Gasteiger charge is -2.22. The molecule has 1 atom stereocenters. The number of rotatable bonds is 5. The molecule has 1 aromatic rings. The molecule has 5 nitrogen and oxygen atoms in total. The Kier molecular flexibility index (Phi) is 4.55. The summed E-state index contributed by atoms with van der Waals surface area (Å²) in [5.41, 5.74) is 0. The van der Waals surface area contributed by atoms with Crippen LogP contribution < -0.4 is 10.1 Å². The van der Waals surface area contributed by atoms with Gasteiger partial charge in [-0.1, -0.05) is 0 Å². The summed E-state index contributed by atoms with van der Waals surface area (Å²) in [5.74, 6) is 1.38. The van der Waals surface area contributed by atoms with Gasteiger partial charge in [0.2, 0.25) is 5.88 Å². The lowest BCUT2D eigenvalue weighted by molar-refractivity contribution is 0.0134. The molecule has 1 saturated heterocycles. The van der Waals surface area contributed by atoms with Gasteiger partial charge in [-0.2, -0.15) is 0 Å². The molecule has 2 heterocycles. The average Bonchev–Trinajstić information content (AvgIpc) is 2.40. The van der Waals surface area contributed by atoms with E-state index in [4.69, 9.17) is 9.47 Å². The molecule has 1 aromatic heterocycles. The summed E-state index contributed by atoms with van der Waals surface area (Å²) >= 11 is 0. The van der Waals surface area contributed by atoms with Gasteiger partial charge in [0.05, 0.1) is 13.2 Å². The van der Waals surface area contributed by atoms with Crippen LogP contribution in [0, 0.1) is 0 Å². The van der Waals surface area contributed by atoms with Gasteiger partial charge in [-0.3, -0.25) is 0 Å². The molecule has 0 aromatic carbocycles. The van der Waals surface area contributed by atoms with Crippen LogP contribution in [0.1, 0.15) is 25.7 Å². The van der Waals surface area contributed by atoms with Crippen LogP contribution in [0.2, 0.25) is 0 Å². The summed E-state index contributed by atoms with van der Waals surface area (Å²) in [5, 5.41) is 3.26. The fourth-order valence-corrected chi connectivity index (χ4v) is 1.94. The SMILES string of the molecule is COc1cc(NCCC2CCCCO2)ncn1. The number of hydrogen-bond donors (Lipinski definition) is 1. The van der Waals surface area contributed by atoms with Gasteiger partial charge in [0.25, 0.3) is 0 Å². The molecule has 17 heavy (non-hydrogen) atoms. The van der Waals surface area contributed by atoms with Crippen molar-refractivity contribution < 1.29 is 9.47 Å². The minimum Gasteiger partial charge on any atom is -0.481 e. The van der Waals surface area contributed by atoms with E-state index in [0.717, 1.165) is 25.4 Å². The Labute approximate surface area is 102 Å². The largest absolute Gasteiger partial charge is 0.481 e. The van der Waals surface area contributed by atoms with Crippen LogP contribution in [0.4, 0.5) is 5.82 Å². The zero-order valence-corrected chi connectivity index (χ0v) is 10.2. The van der Waals surface area contributed by atoms with Gasteiger partial charge in [-0.05, 0) is 25.7 Å². The second kappa shape index (κ2) is 6.39. The molecule has 5 heteroatoms. The van der Waals surface area contributed by atoms with Gasteiger partial charge in [0, 0.05) is 19.2 Å². The Hall–Kier alpha value is -1.36. The van der Waals surface area contributed by atoms with Crippen LogP contribution in [0.3, 0.4) is 0 Å². The lowest BCUT2D eigenvalue weighted by Crippen LogP contribution is -2.22. The van der Waals surface area contributed by atoms with Crippen molar-refractivity contribution in [1.82, 2.24) is 9.97 Å². The van der Waals surface area contributed by atoms with E-state index in [1.165, 1.54) is 25.6 Å². The summed E-state index contributed by atoms with van der Waals surface area (Å²) in [6.45, 7) is 1.77. The summed E-state index contributed by atoms with van der Waals surface area (Å²) in [6, 6.07) is 1.79. The quantitative estimate of drug-likeness (QED) is 0.847. The van der Waals surface area contributed by atoms with E-state index in [-0.39, 0.29) is 0 Å². The highest BCUT2D eigenvalue weighted by atomic mass is 16.5. The molecule has 0 radical (unpaired) electrons. The smallest absolute Gasteiger partial charge is 0.218 e. The third kappa shape index (κ3) is 3.85. The molecule has 1 unspecified atom stereocenters. The maximum Gasteiger partial charge on any atom is 0.218 e. The number of methoxy groups -OCH3 is 1. The van der Waals surface area contributed by atoms with Gasteiger partial charge in [-0.15, -0.1) is 0 Å². The van der Waals surface area contributed by atoms with Crippen molar-refractivity contribution in [2.24, 2.45) is 0 Å². The van der Waals surface area contributed by atoms with Gasteiger partial charge in [0.15, 0.2) is 0 Å². The van der Waals surface area contributed by atoms with Crippen LogP contribution in [0.5, 0.6) is 5.88 Å². The van der Waals surface area contributed by atoms with Crippen molar-refractivity contribution in [2.75, 3.05) is 25.6 Å². The van der Waals surface area contributed by atoms with Crippen LogP contribution in [0.15, 0.2) is 12.4 Å². The third-order valence-corrected chi connectivity index (χ3v) is 2.90. The predicted octanol–water partition coefficient (Wildman–Crippen LogP) is 1.86. The van der Waals surface area contributed by atoms with Crippen molar-refractivity contribution in [3.05, 3.63) is 12.4 Å². The molecule has 94 valence electrons. The molecule has 0 amide bonds. The number of nitrogens with one attached hydrogen (secondary N) is 1. The Morgan fingerprint density at radius 1 is 1.47 bits per heavy atom. The molecule has 1 N–H and O–H groups in total. The highest BCUT2D eigenvalue weighted by molar-refractivity contribution is 5.36. The Morgan fingerprint density at radius 2 is 2.41 bits per heavy atom. The Bertz CT molecular complexity index is 340. The standard InChI is InChI=1S/C12H19N3O2/c1-16-12-8-11(14-9-15-12)13-6-5-10-4-2-3-7-17-10/h8-10H,2-7H2,1H3,(H,13,14,15). The van der Waals surface area contributed by atoms with E-state index in [1.54, 1.807) is 13.2 Å². The summed E-state index contributed by atoms with van der Waals surface area (Å²) < 4.78 is 10.7. The minimum absolute atomic E-state index is 0.403. The van der Waals surface area contributed by atoms with Crippen molar-refractivity contribution in [3.8, 4) is 5.88 Å². The Morgan fingerprint density at radius 3 is 3.18 bits per heavy atom. The van der Waals surface area contributed by atoms with E-state index >= 15 is 0 Å². The van der Waals surface area contributed by atoms with E-state index < -0.39 is 0 Å². The van der Waals surface area contributed by atoms with Crippen molar-refractivity contribution in [3.63, 3.8) is 0 Å². The number of anilines is 1. The molecule has 1 fully saturated rings. The van der Waals surface area contributed by atoms with Gasteiger partial charge in [0.1, 0.15) is 12.1 Å².